The van der Waals surface area contributed by atoms with E-state index in [2.05, 4.69) is 73.9 Å². The minimum atomic E-state index is 0.738. The maximum Gasteiger partial charge on any atom is -0.00175 e. The van der Waals surface area contributed by atoms with Gasteiger partial charge < -0.3 is 5.32 Å². The lowest BCUT2D eigenvalue weighted by atomic mass is 9.91. The van der Waals surface area contributed by atoms with Crippen LogP contribution in [0.2, 0.25) is 0 Å². The molecule has 1 fully saturated rings. The highest BCUT2D eigenvalue weighted by Gasteiger charge is 2.43. The monoisotopic (exact) mass is 279 g/mol. The number of hydrogen-bond acceptors (Lipinski definition) is 1. The second-order valence-corrected chi connectivity index (χ2v) is 6.43. The first-order valence-corrected chi connectivity index (χ1v) is 8.03. The summed E-state index contributed by atoms with van der Waals surface area (Å²) in [5.41, 5.74) is 4.37. The molecule has 3 rings (SSSR count). The first-order chi connectivity index (χ1) is 10.3. The van der Waals surface area contributed by atoms with Crippen molar-refractivity contribution < 1.29 is 0 Å². The van der Waals surface area contributed by atoms with Gasteiger partial charge in [0.2, 0.25) is 0 Å². The molecule has 0 heterocycles. The molecule has 1 heteroatoms. The van der Waals surface area contributed by atoms with Crippen LogP contribution in [0.1, 0.15) is 29.0 Å². The van der Waals surface area contributed by atoms with E-state index in [1.165, 1.54) is 29.5 Å². The van der Waals surface area contributed by atoms with Gasteiger partial charge in [0.1, 0.15) is 0 Å². The van der Waals surface area contributed by atoms with Gasteiger partial charge in [-0.3, -0.25) is 0 Å². The van der Waals surface area contributed by atoms with Crippen LogP contribution in [0.25, 0.3) is 0 Å². The zero-order chi connectivity index (χ0) is 14.7. The van der Waals surface area contributed by atoms with Gasteiger partial charge in [0.25, 0.3) is 0 Å². The smallest absolute Gasteiger partial charge is 0.00175 e. The molecule has 1 N–H and O–H groups in total. The minimum absolute atomic E-state index is 0.738. The van der Waals surface area contributed by atoms with Crippen LogP contribution >= 0.6 is 0 Å². The predicted octanol–water partition coefficient (Wildman–Crippen LogP) is 4.18. The summed E-state index contributed by atoms with van der Waals surface area (Å²) in [6.45, 7) is 3.29. The molecule has 0 radical (unpaired) electrons. The van der Waals surface area contributed by atoms with Crippen LogP contribution in [-0.2, 0) is 6.42 Å². The van der Waals surface area contributed by atoms with Crippen molar-refractivity contribution in [2.24, 2.45) is 11.8 Å². The summed E-state index contributed by atoms with van der Waals surface area (Å²) in [6.07, 6.45) is 2.54. The highest BCUT2D eigenvalue weighted by Crippen LogP contribution is 2.52. The van der Waals surface area contributed by atoms with Crippen LogP contribution in [0.3, 0.4) is 0 Å². The van der Waals surface area contributed by atoms with Gasteiger partial charge in [-0.15, -0.1) is 0 Å². The maximum absolute atomic E-state index is 3.40. The molecule has 1 nitrogen and oxygen atoms in total. The van der Waals surface area contributed by atoms with Crippen LogP contribution in [0.15, 0.2) is 54.6 Å². The zero-order valence-corrected chi connectivity index (χ0v) is 13.0. The molecule has 0 saturated heterocycles. The Bertz CT molecular complexity index is 575. The van der Waals surface area contributed by atoms with Gasteiger partial charge in [-0.2, -0.15) is 0 Å². The lowest BCUT2D eigenvalue weighted by molar-refractivity contribution is 0.431. The Morgan fingerprint density at radius 1 is 1.10 bits per heavy atom. The Morgan fingerprint density at radius 2 is 1.90 bits per heavy atom. The molecule has 1 aliphatic rings. The summed E-state index contributed by atoms with van der Waals surface area (Å²) in [6, 6.07) is 20.0. The van der Waals surface area contributed by atoms with Crippen molar-refractivity contribution in [1.29, 1.82) is 0 Å². The van der Waals surface area contributed by atoms with Crippen LogP contribution in [0.4, 0.5) is 0 Å². The first-order valence-electron chi connectivity index (χ1n) is 8.03. The van der Waals surface area contributed by atoms with E-state index in [1.807, 2.05) is 0 Å². The van der Waals surface area contributed by atoms with Crippen LogP contribution < -0.4 is 5.32 Å². The van der Waals surface area contributed by atoms with E-state index in [4.69, 9.17) is 0 Å². The maximum atomic E-state index is 3.40. The second-order valence-electron chi connectivity index (χ2n) is 6.43. The quantitative estimate of drug-likeness (QED) is 0.836. The van der Waals surface area contributed by atoms with Crippen molar-refractivity contribution in [2.75, 3.05) is 13.6 Å². The molecule has 3 unspecified atom stereocenters. The normalized spacial score (nSPS) is 22.0. The lowest BCUT2D eigenvalue weighted by Gasteiger charge is -2.17. The Balaban J connectivity index is 1.69. The molecule has 110 valence electrons. The Hall–Kier alpha value is -1.60. The van der Waals surface area contributed by atoms with Gasteiger partial charge in [-0.05, 0) is 62.2 Å². The van der Waals surface area contributed by atoms with Gasteiger partial charge in [-0.1, -0.05) is 60.2 Å². The summed E-state index contributed by atoms with van der Waals surface area (Å²) >= 11 is 0. The lowest BCUT2D eigenvalue weighted by Crippen LogP contribution is -2.23. The number of aryl methyl sites for hydroxylation is 1. The molecule has 0 aliphatic heterocycles. The largest absolute Gasteiger partial charge is 0.319 e. The third-order valence-electron chi connectivity index (χ3n) is 4.72. The number of nitrogens with one attached hydrogen (secondary N) is 1. The molecule has 1 saturated carbocycles. The molecule has 0 bridgehead atoms. The van der Waals surface area contributed by atoms with Crippen molar-refractivity contribution in [1.82, 2.24) is 5.32 Å². The standard InChI is InChI=1S/C20H25N/c1-15-7-6-8-16(11-15)12-18(14-21-2)20-13-19(20)17-9-4-3-5-10-17/h3-11,18-21H,12-14H2,1-2H3. The average molecular weight is 279 g/mol. The highest BCUT2D eigenvalue weighted by atomic mass is 14.8. The molecule has 0 spiro atoms. The van der Waals surface area contributed by atoms with E-state index >= 15 is 0 Å². The van der Waals surface area contributed by atoms with Gasteiger partial charge in [0.15, 0.2) is 0 Å². The SMILES string of the molecule is CNCC(Cc1cccc(C)c1)C1CC1c1ccccc1. The molecule has 3 atom stereocenters. The first kappa shape index (κ1) is 14.3. The molecule has 0 amide bonds. The van der Waals surface area contributed by atoms with Crippen molar-refractivity contribution in [3.8, 4) is 0 Å². The van der Waals surface area contributed by atoms with E-state index in [0.717, 1.165) is 24.3 Å². The van der Waals surface area contributed by atoms with E-state index in [-0.39, 0.29) is 0 Å². The van der Waals surface area contributed by atoms with Crippen LogP contribution in [0.5, 0.6) is 0 Å². The number of benzene rings is 2. The summed E-state index contributed by atoms with van der Waals surface area (Å²) in [4.78, 5) is 0. The van der Waals surface area contributed by atoms with E-state index in [1.54, 1.807) is 0 Å². The minimum Gasteiger partial charge on any atom is -0.319 e. The zero-order valence-electron chi connectivity index (χ0n) is 13.0. The predicted molar refractivity (Wildman–Crippen MR) is 89.6 cm³/mol. The third-order valence-corrected chi connectivity index (χ3v) is 4.72. The molecule has 0 aromatic heterocycles. The Morgan fingerprint density at radius 3 is 2.62 bits per heavy atom. The fraction of sp³-hybridized carbons (Fsp3) is 0.400. The molecule has 21 heavy (non-hydrogen) atoms. The van der Waals surface area contributed by atoms with Crippen molar-refractivity contribution in [3.63, 3.8) is 0 Å². The van der Waals surface area contributed by atoms with Crippen molar-refractivity contribution in [3.05, 3.63) is 71.3 Å². The van der Waals surface area contributed by atoms with Gasteiger partial charge in [-0.25, -0.2) is 0 Å². The topological polar surface area (TPSA) is 12.0 Å². The molecule has 2 aromatic carbocycles. The van der Waals surface area contributed by atoms with E-state index in [0.29, 0.717) is 0 Å². The molecule has 1 aliphatic carbocycles. The summed E-state index contributed by atoms with van der Waals surface area (Å²) in [5, 5.41) is 3.40. The highest BCUT2D eigenvalue weighted by molar-refractivity contribution is 5.28. The summed E-state index contributed by atoms with van der Waals surface area (Å²) in [5.74, 6) is 2.34. The number of rotatable bonds is 6. The Kier molecular flexibility index (Phi) is 4.40. The average Bonchev–Trinajstić information content (AvgIpc) is 3.28. The number of hydrogen-bond donors (Lipinski definition) is 1. The summed E-state index contributed by atoms with van der Waals surface area (Å²) < 4.78 is 0. The van der Waals surface area contributed by atoms with Crippen molar-refractivity contribution >= 4 is 0 Å². The van der Waals surface area contributed by atoms with E-state index < -0.39 is 0 Å². The van der Waals surface area contributed by atoms with Gasteiger partial charge in [0.05, 0.1) is 0 Å². The summed E-state index contributed by atoms with van der Waals surface area (Å²) in [7, 11) is 2.07. The molecular weight excluding hydrogens is 254 g/mol. The second kappa shape index (κ2) is 6.44. The van der Waals surface area contributed by atoms with Crippen LogP contribution in [0, 0.1) is 18.8 Å². The fourth-order valence-corrected chi connectivity index (χ4v) is 3.60. The fourth-order valence-electron chi connectivity index (χ4n) is 3.60. The van der Waals surface area contributed by atoms with Gasteiger partial charge >= 0.3 is 0 Å². The van der Waals surface area contributed by atoms with Crippen LogP contribution in [-0.4, -0.2) is 13.6 Å². The molecular formula is C20H25N. The molecule has 2 aromatic rings. The Labute approximate surface area is 128 Å². The van der Waals surface area contributed by atoms with Crippen molar-refractivity contribution in [2.45, 2.75) is 25.7 Å². The van der Waals surface area contributed by atoms with Gasteiger partial charge in [0, 0.05) is 0 Å². The van der Waals surface area contributed by atoms with E-state index in [9.17, 15) is 0 Å². The third kappa shape index (κ3) is 3.54.